The summed E-state index contributed by atoms with van der Waals surface area (Å²) in [4.78, 5) is 30.3. The van der Waals surface area contributed by atoms with E-state index in [-0.39, 0.29) is 17.7 Å². The highest BCUT2D eigenvalue weighted by Crippen LogP contribution is 2.34. The molecule has 1 unspecified atom stereocenters. The summed E-state index contributed by atoms with van der Waals surface area (Å²) in [7, 11) is 1.31. The first-order valence-corrected chi connectivity index (χ1v) is 10.9. The average Bonchev–Trinajstić information content (AvgIpc) is 3.33. The normalized spacial score (nSPS) is 12.7. The molecule has 0 aliphatic heterocycles. The number of ether oxygens (including phenoxy) is 1. The molecule has 9 heteroatoms. The van der Waals surface area contributed by atoms with Gasteiger partial charge in [0.1, 0.15) is 11.9 Å². The number of carbonyl (C=O) groups is 2. The van der Waals surface area contributed by atoms with Gasteiger partial charge in [-0.25, -0.2) is 9.78 Å². The SMILES string of the molecule is COC(=O)c1c(NC(=O)c2ccoc2)c2cc(NC(C)CC(C)(C)O)cnc2n1CC(C)C. The quantitative estimate of drug-likeness (QED) is 0.411. The van der Waals surface area contributed by atoms with E-state index < -0.39 is 17.5 Å². The number of nitrogens with zero attached hydrogens (tertiary/aromatic N) is 2. The Morgan fingerprint density at radius 1 is 1.30 bits per heavy atom. The molecule has 0 saturated heterocycles. The number of pyridine rings is 1. The summed E-state index contributed by atoms with van der Waals surface area (Å²) in [5, 5.41) is 16.9. The fraction of sp³-hybridized carbons (Fsp3) is 0.458. The van der Waals surface area contributed by atoms with Crippen LogP contribution >= 0.6 is 0 Å². The van der Waals surface area contributed by atoms with Gasteiger partial charge in [0.05, 0.1) is 42.1 Å². The molecule has 0 bridgehead atoms. The Balaban J connectivity index is 2.12. The maximum absolute atomic E-state index is 12.8. The zero-order valence-corrected chi connectivity index (χ0v) is 19.9. The fourth-order valence-corrected chi connectivity index (χ4v) is 3.95. The van der Waals surface area contributed by atoms with Gasteiger partial charge in [0.15, 0.2) is 5.69 Å². The lowest BCUT2D eigenvalue weighted by Gasteiger charge is -2.23. The number of furan rings is 1. The second kappa shape index (κ2) is 9.66. The van der Waals surface area contributed by atoms with Crippen molar-refractivity contribution in [3.8, 4) is 0 Å². The zero-order chi connectivity index (χ0) is 24.3. The highest BCUT2D eigenvalue weighted by atomic mass is 16.5. The number of anilines is 2. The molecule has 0 fully saturated rings. The lowest BCUT2D eigenvalue weighted by atomic mass is 10.0. The van der Waals surface area contributed by atoms with E-state index in [4.69, 9.17) is 9.15 Å². The molecule has 0 aliphatic carbocycles. The lowest BCUT2D eigenvalue weighted by molar-refractivity contribution is 0.0588. The predicted molar refractivity (Wildman–Crippen MR) is 127 cm³/mol. The maximum Gasteiger partial charge on any atom is 0.356 e. The molecule has 3 aromatic rings. The molecule has 1 atom stereocenters. The van der Waals surface area contributed by atoms with Crippen LogP contribution in [0.2, 0.25) is 0 Å². The molecular formula is C24H32N4O5. The fourth-order valence-electron chi connectivity index (χ4n) is 3.95. The van der Waals surface area contributed by atoms with Crippen LogP contribution in [0.1, 0.15) is 61.9 Å². The van der Waals surface area contributed by atoms with Crippen molar-refractivity contribution in [2.24, 2.45) is 5.92 Å². The number of aromatic nitrogens is 2. The summed E-state index contributed by atoms with van der Waals surface area (Å²) in [6.45, 7) is 10.1. The summed E-state index contributed by atoms with van der Waals surface area (Å²) >= 11 is 0. The molecule has 0 radical (unpaired) electrons. The van der Waals surface area contributed by atoms with Crippen molar-refractivity contribution in [3.63, 3.8) is 0 Å². The second-order valence-electron chi connectivity index (χ2n) is 9.34. The van der Waals surface area contributed by atoms with Gasteiger partial charge >= 0.3 is 5.97 Å². The molecule has 3 aromatic heterocycles. The highest BCUT2D eigenvalue weighted by molar-refractivity contribution is 6.14. The molecule has 3 N–H and O–H groups in total. The minimum Gasteiger partial charge on any atom is -0.472 e. The summed E-state index contributed by atoms with van der Waals surface area (Å²) in [5.41, 5.74) is 1.33. The highest BCUT2D eigenvalue weighted by Gasteiger charge is 2.27. The van der Waals surface area contributed by atoms with Crippen molar-refractivity contribution in [3.05, 3.63) is 42.1 Å². The van der Waals surface area contributed by atoms with Crippen molar-refractivity contribution in [1.29, 1.82) is 0 Å². The van der Waals surface area contributed by atoms with E-state index in [1.54, 1.807) is 30.7 Å². The van der Waals surface area contributed by atoms with Gasteiger partial charge in [-0.1, -0.05) is 13.8 Å². The second-order valence-corrected chi connectivity index (χ2v) is 9.34. The Bertz CT molecular complexity index is 1130. The monoisotopic (exact) mass is 456 g/mol. The minimum atomic E-state index is -0.827. The van der Waals surface area contributed by atoms with E-state index in [0.29, 0.717) is 40.9 Å². The van der Waals surface area contributed by atoms with Crippen LogP contribution in [-0.2, 0) is 11.3 Å². The van der Waals surface area contributed by atoms with E-state index in [1.165, 1.54) is 19.6 Å². The zero-order valence-electron chi connectivity index (χ0n) is 19.9. The standard InChI is InChI=1S/C24H32N4O5/c1-14(2)12-28-20(23(30)32-6)19(27-22(29)16-7-8-33-13-16)18-9-17(11-25-21(18)28)26-15(3)10-24(4,5)31/h7-9,11,13-15,26,31H,10,12H2,1-6H3,(H,27,29). The van der Waals surface area contributed by atoms with Crippen LogP contribution in [0, 0.1) is 5.92 Å². The van der Waals surface area contributed by atoms with Gasteiger partial charge in [-0.3, -0.25) is 4.79 Å². The number of nitrogens with one attached hydrogen (secondary N) is 2. The third-order valence-corrected chi connectivity index (χ3v) is 5.07. The number of esters is 1. The van der Waals surface area contributed by atoms with E-state index in [9.17, 15) is 14.7 Å². The van der Waals surface area contributed by atoms with Crippen LogP contribution in [-0.4, -0.2) is 45.3 Å². The summed E-state index contributed by atoms with van der Waals surface area (Å²) in [6.07, 6.45) is 4.95. The minimum absolute atomic E-state index is 0.0361. The first kappa shape index (κ1) is 24.3. The number of fused-ring (bicyclic) bond motifs is 1. The predicted octanol–water partition coefficient (Wildman–Crippen LogP) is 4.29. The molecule has 3 rings (SSSR count). The molecule has 0 spiro atoms. The van der Waals surface area contributed by atoms with Crippen LogP contribution in [0.5, 0.6) is 0 Å². The van der Waals surface area contributed by atoms with E-state index in [0.717, 1.165) is 0 Å². The third-order valence-electron chi connectivity index (χ3n) is 5.07. The molecule has 1 amide bonds. The van der Waals surface area contributed by atoms with Crippen LogP contribution in [0.3, 0.4) is 0 Å². The van der Waals surface area contributed by atoms with Gasteiger partial charge < -0.3 is 29.5 Å². The third kappa shape index (κ3) is 5.73. The van der Waals surface area contributed by atoms with Crippen molar-refractivity contribution in [2.75, 3.05) is 17.7 Å². The molecule has 33 heavy (non-hydrogen) atoms. The smallest absolute Gasteiger partial charge is 0.356 e. The van der Waals surface area contributed by atoms with Crippen LogP contribution in [0.4, 0.5) is 11.4 Å². The van der Waals surface area contributed by atoms with Gasteiger partial charge in [-0.15, -0.1) is 0 Å². The van der Waals surface area contributed by atoms with E-state index >= 15 is 0 Å². The molecule has 0 saturated carbocycles. The maximum atomic E-state index is 12.8. The Morgan fingerprint density at radius 2 is 2.03 bits per heavy atom. The van der Waals surface area contributed by atoms with Crippen molar-refractivity contribution in [1.82, 2.24) is 9.55 Å². The molecule has 3 heterocycles. The largest absolute Gasteiger partial charge is 0.472 e. The Hall–Kier alpha value is -3.33. The number of carbonyl (C=O) groups excluding carboxylic acids is 2. The molecule has 9 nitrogen and oxygen atoms in total. The number of hydrogen-bond donors (Lipinski definition) is 3. The van der Waals surface area contributed by atoms with Gasteiger partial charge in [0.25, 0.3) is 5.91 Å². The average molecular weight is 457 g/mol. The first-order chi connectivity index (χ1) is 15.5. The summed E-state index contributed by atoms with van der Waals surface area (Å²) < 4.78 is 11.8. The molecule has 0 aliphatic rings. The van der Waals surface area contributed by atoms with Gasteiger partial charge in [0, 0.05) is 18.0 Å². The van der Waals surface area contributed by atoms with Gasteiger partial charge in [0.2, 0.25) is 0 Å². The van der Waals surface area contributed by atoms with E-state index in [2.05, 4.69) is 15.6 Å². The number of amides is 1. The van der Waals surface area contributed by atoms with Crippen molar-refractivity contribution < 1.29 is 23.8 Å². The van der Waals surface area contributed by atoms with Crippen LogP contribution in [0.25, 0.3) is 11.0 Å². The number of methoxy groups -OCH3 is 1. The van der Waals surface area contributed by atoms with Crippen molar-refractivity contribution in [2.45, 2.75) is 59.2 Å². The molecule has 178 valence electrons. The number of aliphatic hydroxyl groups is 1. The van der Waals surface area contributed by atoms with Gasteiger partial charge in [-0.2, -0.15) is 0 Å². The lowest BCUT2D eigenvalue weighted by Crippen LogP contribution is -2.29. The Morgan fingerprint density at radius 3 is 2.61 bits per heavy atom. The van der Waals surface area contributed by atoms with Gasteiger partial charge in [-0.05, 0) is 45.2 Å². The Labute approximate surface area is 193 Å². The number of hydrogen-bond acceptors (Lipinski definition) is 7. The topological polar surface area (TPSA) is 119 Å². The first-order valence-electron chi connectivity index (χ1n) is 10.9. The molecular weight excluding hydrogens is 424 g/mol. The van der Waals surface area contributed by atoms with E-state index in [1.807, 2.05) is 26.8 Å². The summed E-state index contributed by atoms with van der Waals surface area (Å²) in [5.74, 6) is -0.764. The number of rotatable bonds is 9. The molecule has 0 aromatic carbocycles. The summed E-state index contributed by atoms with van der Waals surface area (Å²) in [6, 6.07) is 3.35. The van der Waals surface area contributed by atoms with Crippen LogP contribution < -0.4 is 10.6 Å². The van der Waals surface area contributed by atoms with Crippen molar-refractivity contribution >= 4 is 34.3 Å². The Kier molecular flexibility index (Phi) is 7.12. The van der Waals surface area contributed by atoms with Crippen LogP contribution in [0.15, 0.2) is 35.3 Å².